The highest BCUT2D eigenvalue weighted by Gasteiger charge is 2.20. The lowest BCUT2D eigenvalue weighted by atomic mass is 9.97. The summed E-state index contributed by atoms with van der Waals surface area (Å²) in [7, 11) is 1.79. The van der Waals surface area contributed by atoms with Crippen LogP contribution in [0.25, 0.3) is 0 Å². The molecule has 0 saturated heterocycles. The van der Waals surface area contributed by atoms with Gasteiger partial charge < -0.3 is 10.1 Å². The molecule has 0 saturated carbocycles. The minimum Gasteiger partial charge on any atom is -0.379 e. The van der Waals surface area contributed by atoms with Crippen LogP contribution in [0, 0.1) is 0 Å². The normalized spacial score (nSPS) is 14.6. The predicted octanol–water partition coefficient (Wildman–Crippen LogP) is 3.32. The van der Waals surface area contributed by atoms with E-state index in [9.17, 15) is 0 Å². The lowest BCUT2D eigenvalue weighted by Crippen LogP contribution is -2.32. The smallest absolute Gasteiger partial charge is 0.0763 e. The molecule has 1 aromatic carbocycles. The summed E-state index contributed by atoms with van der Waals surface area (Å²) in [4.78, 5) is 0. The van der Waals surface area contributed by atoms with Gasteiger partial charge in [-0.2, -0.15) is 0 Å². The van der Waals surface area contributed by atoms with Crippen molar-refractivity contribution in [3.05, 3.63) is 35.4 Å². The fourth-order valence-corrected chi connectivity index (χ4v) is 2.23. The second-order valence-corrected chi connectivity index (χ2v) is 4.32. The van der Waals surface area contributed by atoms with E-state index in [1.165, 1.54) is 11.1 Å². The number of hydrogen-bond donors (Lipinski definition) is 1. The van der Waals surface area contributed by atoms with Crippen molar-refractivity contribution in [2.24, 2.45) is 0 Å². The topological polar surface area (TPSA) is 21.3 Å². The molecule has 2 atom stereocenters. The van der Waals surface area contributed by atoms with Crippen molar-refractivity contribution in [3.8, 4) is 0 Å². The first-order chi connectivity index (χ1) is 8.26. The van der Waals surface area contributed by atoms with Crippen LogP contribution in [-0.2, 0) is 11.2 Å². The van der Waals surface area contributed by atoms with Gasteiger partial charge in [0.1, 0.15) is 0 Å². The number of nitrogens with one attached hydrogen (secondary N) is 1. The fraction of sp³-hybridized carbons (Fsp3) is 0.600. The van der Waals surface area contributed by atoms with Gasteiger partial charge in [0.15, 0.2) is 0 Å². The number of likely N-dealkylation sites (N-methyl/N-ethyl adjacent to an activating group) is 1. The van der Waals surface area contributed by atoms with E-state index in [0.29, 0.717) is 6.04 Å². The van der Waals surface area contributed by atoms with Crippen LogP contribution in [-0.4, -0.2) is 19.8 Å². The van der Waals surface area contributed by atoms with Gasteiger partial charge in [0.25, 0.3) is 0 Å². The molecule has 1 aromatic rings. The van der Waals surface area contributed by atoms with Crippen LogP contribution in [0.1, 0.15) is 44.4 Å². The standard InChI is InChI=1S/C15H25NO/c1-5-12-9-8-10-13(11-12)15(16-7-3)14(6-2)17-4/h8-11,14-16H,5-7H2,1-4H3. The van der Waals surface area contributed by atoms with Gasteiger partial charge in [0.2, 0.25) is 0 Å². The molecule has 0 aromatic heterocycles. The van der Waals surface area contributed by atoms with Crippen LogP contribution in [0.2, 0.25) is 0 Å². The predicted molar refractivity (Wildman–Crippen MR) is 73.3 cm³/mol. The van der Waals surface area contributed by atoms with Crippen molar-refractivity contribution in [1.29, 1.82) is 0 Å². The summed E-state index contributed by atoms with van der Waals surface area (Å²) in [5.74, 6) is 0. The Hall–Kier alpha value is -0.860. The summed E-state index contributed by atoms with van der Waals surface area (Å²) < 4.78 is 5.58. The molecule has 0 spiro atoms. The molecule has 1 N–H and O–H groups in total. The highest BCUT2D eigenvalue weighted by atomic mass is 16.5. The van der Waals surface area contributed by atoms with E-state index in [4.69, 9.17) is 4.74 Å². The molecule has 0 aliphatic rings. The summed E-state index contributed by atoms with van der Waals surface area (Å²) in [6, 6.07) is 9.09. The average Bonchev–Trinajstić information content (AvgIpc) is 2.39. The molecule has 0 heterocycles. The first-order valence-corrected chi connectivity index (χ1v) is 6.61. The number of aryl methyl sites for hydroxylation is 1. The van der Waals surface area contributed by atoms with Crippen LogP contribution >= 0.6 is 0 Å². The minimum atomic E-state index is 0.238. The zero-order valence-corrected chi connectivity index (χ0v) is 11.5. The van der Waals surface area contributed by atoms with Gasteiger partial charge in [0.05, 0.1) is 12.1 Å². The van der Waals surface area contributed by atoms with E-state index in [1.807, 2.05) is 0 Å². The molecule has 2 heteroatoms. The van der Waals surface area contributed by atoms with Gasteiger partial charge in [-0.05, 0) is 30.5 Å². The maximum absolute atomic E-state index is 5.58. The molecule has 0 aliphatic carbocycles. The average molecular weight is 235 g/mol. The number of methoxy groups -OCH3 is 1. The van der Waals surface area contributed by atoms with Gasteiger partial charge in [-0.3, -0.25) is 0 Å². The Balaban J connectivity index is 2.94. The third-order valence-corrected chi connectivity index (χ3v) is 3.22. The Morgan fingerprint density at radius 2 is 2.00 bits per heavy atom. The monoisotopic (exact) mass is 235 g/mol. The highest BCUT2D eigenvalue weighted by Crippen LogP contribution is 2.22. The zero-order chi connectivity index (χ0) is 12.7. The number of rotatable bonds is 7. The van der Waals surface area contributed by atoms with E-state index in [1.54, 1.807) is 7.11 Å². The van der Waals surface area contributed by atoms with Crippen molar-refractivity contribution in [2.45, 2.75) is 45.8 Å². The Labute approximate surface area is 105 Å². The maximum atomic E-state index is 5.58. The second-order valence-electron chi connectivity index (χ2n) is 4.32. The number of ether oxygens (including phenoxy) is 1. The number of hydrogen-bond acceptors (Lipinski definition) is 2. The molecule has 1 rings (SSSR count). The van der Waals surface area contributed by atoms with Crippen molar-refractivity contribution >= 4 is 0 Å². The van der Waals surface area contributed by atoms with E-state index in [2.05, 4.69) is 50.4 Å². The molecule has 0 radical (unpaired) electrons. The summed E-state index contributed by atoms with van der Waals surface area (Å²) in [6.07, 6.45) is 2.34. The Bertz CT molecular complexity index is 320. The van der Waals surface area contributed by atoms with Crippen molar-refractivity contribution < 1.29 is 4.74 Å². The Kier molecular flexibility index (Phi) is 6.23. The summed E-state index contributed by atoms with van der Waals surface area (Å²) >= 11 is 0. The lowest BCUT2D eigenvalue weighted by Gasteiger charge is -2.26. The summed E-state index contributed by atoms with van der Waals surface area (Å²) in [5.41, 5.74) is 2.72. The Morgan fingerprint density at radius 1 is 1.24 bits per heavy atom. The largest absolute Gasteiger partial charge is 0.379 e. The van der Waals surface area contributed by atoms with Crippen LogP contribution in [0.15, 0.2) is 24.3 Å². The first kappa shape index (κ1) is 14.2. The highest BCUT2D eigenvalue weighted by molar-refractivity contribution is 5.27. The van der Waals surface area contributed by atoms with E-state index in [-0.39, 0.29) is 6.10 Å². The third-order valence-electron chi connectivity index (χ3n) is 3.22. The number of benzene rings is 1. The third kappa shape index (κ3) is 3.83. The Morgan fingerprint density at radius 3 is 2.53 bits per heavy atom. The van der Waals surface area contributed by atoms with Gasteiger partial charge in [-0.25, -0.2) is 0 Å². The van der Waals surface area contributed by atoms with Gasteiger partial charge in [0, 0.05) is 7.11 Å². The molecule has 0 bridgehead atoms. The van der Waals surface area contributed by atoms with E-state index < -0.39 is 0 Å². The van der Waals surface area contributed by atoms with Crippen molar-refractivity contribution in [2.75, 3.05) is 13.7 Å². The molecule has 0 aliphatic heterocycles. The molecule has 0 amide bonds. The zero-order valence-electron chi connectivity index (χ0n) is 11.5. The van der Waals surface area contributed by atoms with Gasteiger partial charge in [-0.1, -0.05) is 45.0 Å². The minimum absolute atomic E-state index is 0.238. The quantitative estimate of drug-likeness (QED) is 0.782. The second kappa shape index (κ2) is 7.46. The molecule has 0 fully saturated rings. The van der Waals surface area contributed by atoms with Crippen LogP contribution in [0.4, 0.5) is 0 Å². The summed E-state index contributed by atoms with van der Waals surface area (Å²) in [5, 5.41) is 3.53. The lowest BCUT2D eigenvalue weighted by molar-refractivity contribution is 0.0656. The van der Waals surface area contributed by atoms with E-state index >= 15 is 0 Å². The molecule has 2 nitrogen and oxygen atoms in total. The van der Waals surface area contributed by atoms with Gasteiger partial charge >= 0.3 is 0 Å². The van der Waals surface area contributed by atoms with Crippen LogP contribution in [0.5, 0.6) is 0 Å². The molecule has 17 heavy (non-hydrogen) atoms. The molecular formula is C15H25NO. The van der Waals surface area contributed by atoms with Crippen molar-refractivity contribution in [3.63, 3.8) is 0 Å². The van der Waals surface area contributed by atoms with Gasteiger partial charge in [-0.15, -0.1) is 0 Å². The SMILES string of the molecule is CCNC(c1cccc(CC)c1)C(CC)OC. The first-order valence-electron chi connectivity index (χ1n) is 6.61. The molecule has 2 unspecified atom stereocenters. The summed E-state index contributed by atoms with van der Waals surface area (Å²) in [6.45, 7) is 7.46. The molecular weight excluding hydrogens is 210 g/mol. The maximum Gasteiger partial charge on any atom is 0.0763 e. The fourth-order valence-electron chi connectivity index (χ4n) is 2.23. The van der Waals surface area contributed by atoms with E-state index in [0.717, 1.165) is 19.4 Å². The van der Waals surface area contributed by atoms with Crippen LogP contribution < -0.4 is 5.32 Å². The molecule has 96 valence electrons. The van der Waals surface area contributed by atoms with Crippen molar-refractivity contribution in [1.82, 2.24) is 5.32 Å². The van der Waals surface area contributed by atoms with Crippen LogP contribution in [0.3, 0.4) is 0 Å².